The van der Waals surface area contributed by atoms with E-state index in [1.165, 1.54) is 0 Å². The first-order valence-corrected chi connectivity index (χ1v) is 7.75. The average Bonchev–Trinajstić information content (AvgIpc) is 2.27. The van der Waals surface area contributed by atoms with Crippen LogP contribution < -0.4 is 10.6 Å². The van der Waals surface area contributed by atoms with Crippen LogP contribution in [0.15, 0.2) is 6.20 Å². The summed E-state index contributed by atoms with van der Waals surface area (Å²) in [5.41, 5.74) is 7.33. The lowest BCUT2D eigenvalue weighted by Crippen LogP contribution is -2.47. The molecule has 1 aliphatic heterocycles. The first kappa shape index (κ1) is 13.2. The minimum Gasteiger partial charge on any atom is -0.336 e. The van der Waals surface area contributed by atoms with Crippen molar-refractivity contribution in [2.45, 2.75) is 26.4 Å². The van der Waals surface area contributed by atoms with Crippen LogP contribution in [0.25, 0.3) is 0 Å². The largest absolute Gasteiger partial charge is 0.336 e. The maximum Gasteiger partial charge on any atom is 0.225 e. The molecule has 1 unspecified atom stereocenters. The number of nitrogens with two attached hydrogens (primary N) is 1. The highest BCUT2D eigenvalue weighted by Crippen LogP contribution is 2.18. The van der Waals surface area contributed by atoms with Crippen LogP contribution in [0.3, 0.4) is 0 Å². The summed E-state index contributed by atoms with van der Waals surface area (Å²) in [6.45, 7) is 4.63. The zero-order chi connectivity index (χ0) is 13.3. The van der Waals surface area contributed by atoms with E-state index in [0.29, 0.717) is 19.0 Å². The van der Waals surface area contributed by atoms with Gasteiger partial charge in [0.2, 0.25) is 5.95 Å². The van der Waals surface area contributed by atoms with Crippen LogP contribution in [-0.2, 0) is 16.4 Å². The summed E-state index contributed by atoms with van der Waals surface area (Å²) in [6.07, 6.45) is 1.72. The molecule has 6 nitrogen and oxygen atoms in total. The van der Waals surface area contributed by atoms with Crippen LogP contribution >= 0.6 is 0 Å². The Balaban J connectivity index is 2.25. The molecular weight excluding hydrogens is 252 g/mol. The topological polar surface area (TPSA) is 89.2 Å². The Bertz CT molecular complexity index is 544. The Kier molecular flexibility index (Phi) is 3.54. The second-order valence-corrected chi connectivity index (χ2v) is 6.87. The van der Waals surface area contributed by atoms with Gasteiger partial charge in [0.15, 0.2) is 9.84 Å². The maximum absolute atomic E-state index is 11.5. The zero-order valence-electron chi connectivity index (χ0n) is 10.6. The van der Waals surface area contributed by atoms with Gasteiger partial charge in [-0.25, -0.2) is 18.4 Å². The van der Waals surface area contributed by atoms with Crippen molar-refractivity contribution in [3.63, 3.8) is 0 Å². The molecule has 0 aliphatic carbocycles. The van der Waals surface area contributed by atoms with Gasteiger partial charge in [-0.05, 0) is 13.8 Å². The molecule has 0 amide bonds. The molecule has 1 saturated heterocycles. The first-order valence-electron chi connectivity index (χ1n) is 5.92. The smallest absolute Gasteiger partial charge is 0.225 e. The van der Waals surface area contributed by atoms with Gasteiger partial charge in [-0.3, -0.25) is 0 Å². The summed E-state index contributed by atoms with van der Waals surface area (Å²) in [5, 5.41) is 0. The molecule has 0 saturated carbocycles. The van der Waals surface area contributed by atoms with Crippen LogP contribution in [0, 0.1) is 6.92 Å². The Morgan fingerprint density at radius 1 is 1.56 bits per heavy atom. The van der Waals surface area contributed by atoms with E-state index in [2.05, 4.69) is 9.97 Å². The molecular formula is C11H18N4O2S. The molecule has 0 spiro atoms. The molecule has 0 radical (unpaired) electrons. The first-order chi connectivity index (χ1) is 8.43. The molecule has 100 valence electrons. The molecule has 2 rings (SSSR count). The van der Waals surface area contributed by atoms with Crippen molar-refractivity contribution >= 4 is 15.8 Å². The van der Waals surface area contributed by atoms with E-state index in [1.807, 2.05) is 18.7 Å². The van der Waals surface area contributed by atoms with E-state index in [4.69, 9.17) is 5.73 Å². The minimum absolute atomic E-state index is 0.0909. The van der Waals surface area contributed by atoms with Crippen LogP contribution in [0.1, 0.15) is 18.2 Å². The molecule has 18 heavy (non-hydrogen) atoms. The number of aryl methyl sites for hydroxylation is 1. The zero-order valence-corrected chi connectivity index (χ0v) is 11.4. The van der Waals surface area contributed by atoms with Gasteiger partial charge >= 0.3 is 0 Å². The summed E-state index contributed by atoms with van der Waals surface area (Å²) in [5.74, 6) is 0.916. The highest BCUT2D eigenvalue weighted by molar-refractivity contribution is 7.91. The van der Waals surface area contributed by atoms with E-state index >= 15 is 0 Å². The highest BCUT2D eigenvalue weighted by Gasteiger charge is 2.29. The predicted molar refractivity (Wildman–Crippen MR) is 70.1 cm³/mol. The molecule has 0 bridgehead atoms. The molecule has 2 heterocycles. The van der Waals surface area contributed by atoms with Gasteiger partial charge < -0.3 is 10.6 Å². The van der Waals surface area contributed by atoms with E-state index in [0.717, 1.165) is 11.3 Å². The normalized spacial score (nSPS) is 23.1. The number of anilines is 1. The summed E-state index contributed by atoms with van der Waals surface area (Å²) < 4.78 is 23.0. The molecule has 0 aromatic carbocycles. The van der Waals surface area contributed by atoms with Crippen molar-refractivity contribution in [3.05, 3.63) is 17.5 Å². The van der Waals surface area contributed by atoms with Gasteiger partial charge in [0.25, 0.3) is 0 Å². The van der Waals surface area contributed by atoms with E-state index in [-0.39, 0.29) is 17.5 Å². The number of hydrogen-bond acceptors (Lipinski definition) is 6. The summed E-state index contributed by atoms with van der Waals surface area (Å²) in [7, 11) is -2.91. The fourth-order valence-corrected chi connectivity index (χ4v) is 3.67. The summed E-state index contributed by atoms with van der Waals surface area (Å²) in [6, 6.07) is -0.0909. The van der Waals surface area contributed by atoms with Crippen molar-refractivity contribution < 1.29 is 8.42 Å². The van der Waals surface area contributed by atoms with E-state index in [1.54, 1.807) is 6.20 Å². The third-order valence-corrected chi connectivity index (χ3v) is 5.01. The third kappa shape index (κ3) is 2.62. The van der Waals surface area contributed by atoms with Crippen LogP contribution in [0.4, 0.5) is 5.95 Å². The number of sulfone groups is 1. The number of nitrogens with zero attached hydrogens (tertiary/aromatic N) is 3. The van der Waals surface area contributed by atoms with E-state index in [9.17, 15) is 8.42 Å². The standard InChI is InChI=1S/C11H18N4O2S/c1-8-7-18(16,17)4-3-15(8)11-13-6-10(5-12)9(2)14-11/h6,8H,3-5,7,12H2,1-2H3. The second-order valence-electron chi connectivity index (χ2n) is 4.64. The van der Waals surface area contributed by atoms with Crippen LogP contribution in [0.5, 0.6) is 0 Å². The Labute approximate surface area is 107 Å². The minimum atomic E-state index is -2.91. The Morgan fingerprint density at radius 2 is 2.28 bits per heavy atom. The van der Waals surface area contributed by atoms with Crippen LogP contribution in [-0.4, -0.2) is 42.5 Å². The molecule has 2 N–H and O–H groups in total. The Morgan fingerprint density at radius 3 is 2.83 bits per heavy atom. The van der Waals surface area contributed by atoms with Gasteiger partial charge in [0.05, 0.1) is 11.5 Å². The highest BCUT2D eigenvalue weighted by atomic mass is 32.2. The van der Waals surface area contributed by atoms with Gasteiger partial charge in [0.1, 0.15) is 0 Å². The Hall–Kier alpha value is -1.21. The SMILES string of the molecule is Cc1nc(N2CCS(=O)(=O)CC2C)ncc1CN. The third-order valence-electron chi connectivity index (χ3n) is 3.22. The quantitative estimate of drug-likeness (QED) is 0.805. The number of hydrogen-bond donors (Lipinski definition) is 1. The monoisotopic (exact) mass is 270 g/mol. The van der Waals surface area contributed by atoms with Crippen molar-refractivity contribution in [1.82, 2.24) is 9.97 Å². The second kappa shape index (κ2) is 4.81. The predicted octanol–water partition coefficient (Wildman–Crippen LogP) is -0.133. The van der Waals surface area contributed by atoms with E-state index < -0.39 is 9.84 Å². The molecule has 1 aromatic heterocycles. The maximum atomic E-state index is 11.5. The van der Waals surface area contributed by atoms with Gasteiger partial charge in [-0.2, -0.15) is 0 Å². The number of aromatic nitrogens is 2. The molecule has 1 aliphatic rings. The van der Waals surface area contributed by atoms with Crippen molar-refractivity contribution in [1.29, 1.82) is 0 Å². The van der Waals surface area contributed by atoms with Crippen LogP contribution in [0.2, 0.25) is 0 Å². The fraction of sp³-hybridized carbons (Fsp3) is 0.636. The molecule has 7 heteroatoms. The summed E-state index contributed by atoms with van der Waals surface area (Å²) >= 11 is 0. The van der Waals surface area contributed by atoms with Gasteiger partial charge in [-0.15, -0.1) is 0 Å². The molecule has 1 atom stereocenters. The fourth-order valence-electron chi connectivity index (χ4n) is 2.11. The van der Waals surface area contributed by atoms with Gasteiger partial charge in [0, 0.05) is 36.6 Å². The average molecular weight is 270 g/mol. The van der Waals surface area contributed by atoms with Crippen molar-refractivity contribution in [2.24, 2.45) is 5.73 Å². The summed E-state index contributed by atoms with van der Waals surface area (Å²) in [4.78, 5) is 10.6. The lowest BCUT2D eigenvalue weighted by molar-refractivity contribution is 0.564. The molecule has 1 fully saturated rings. The van der Waals surface area contributed by atoms with Crippen molar-refractivity contribution in [2.75, 3.05) is 23.0 Å². The number of rotatable bonds is 2. The lowest BCUT2D eigenvalue weighted by Gasteiger charge is -2.33. The van der Waals surface area contributed by atoms with Crippen molar-refractivity contribution in [3.8, 4) is 0 Å². The lowest BCUT2D eigenvalue weighted by atomic mass is 10.2. The van der Waals surface area contributed by atoms with Gasteiger partial charge in [-0.1, -0.05) is 0 Å². The molecule has 1 aromatic rings.